The van der Waals surface area contributed by atoms with Gasteiger partial charge in [0.2, 0.25) is 10.0 Å². The van der Waals surface area contributed by atoms with E-state index in [-0.39, 0.29) is 17.9 Å². The topological polar surface area (TPSA) is 74.7 Å². The van der Waals surface area contributed by atoms with Crippen LogP contribution in [-0.4, -0.2) is 29.8 Å². The molecule has 3 rings (SSSR count). The van der Waals surface area contributed by atoms with Crippen molar-refractivity contribution >= 4 is 38.7 Å². The highest BCUT2D eigenvalue weighted by atomic mass is 32.2. The van der Waals surface area contributed by atoms with Crippen LogP contribution in [0.3, 0.4) is 0 Å². The molecule has 5 nitrogen and oxygen atoms in total. The van der Waals surface area contributed by atoms with E-state index in [1.54, 1.807) is 24.3 Å². The number of carboxylic acids is 1. The lowest BCUT2D eigenvalue weighted by Gasteiger charge is -2.21. The molecular formula is C13H13NO4S3. The zero-order chi connectivity index (χ0) is 15.2. The number of fused-ring (bicyclic) bond motifs is 1. The fraction of sp³-hybridized carbons (Fsp3) is 0.308. The molecule has 0 spiro atoms. The first-order valence-electron chi connectivity index (χ1n) is 6.35. The molecule has 1 unspecified atom stereocenters. The molecule has 21 heavy (non-hydrogen) atoms. The van der Waals surface area contributed by atoms with Gasteiger partial charge in [-0.3, -0.25) is 4.79 Å². The van der Waals surface area contributed by atoms with E-state index in [1.807, 2.05) is 16.8 Å². The predicted octanol–water partition coefficient (Wildman–Crippen LogP) is 2.84. The minimum Gasteiger partial charge on any atom is -0.480 e. The van der Waals surface area contributed by atoms with Gasteiger partial charge in [0.05, 0.1) is 11.4 Å². The van der Waals surface area contributed by atoms with E-state index < -0.39 is 22.0 Å². The molecule has 8 heteroatoms. The molecule has 0 amide bonds. The number of hydrogen-bond acceptors (Lipinski definition) is 5. The predicted molar refractivity (Wildman–Crippen MR) is 82.1 cm³/mol. The van der Waals surface area contributed by atoms with Gasteiger partial charge in [0.25, 0.3) is 0 Å². The van der Waals surface area contributed by atoms with Crippen molar-refractivity contribution in [2.24, 2.45) is 0 Å². The first-order chi connectivity index (χ1) is 9.95. The number of aliphatic carboxylic acids is 1. The second-order valence-corrected chi connectivity index (χ2v) is 8.50. The van der Waals surface area contributed by atoms with Gasteiger partial charge in [-0.2, -0.15) is 15.6 Å². The Kier molecular flexibility index (Phi) is 3.64. The van der Waals surface area contributed by atoms with Crippen molar-refractivity contribution in [3.8, 4) is 10.4 Å². The van der Waals surface area contributed by atoms with Gasteiger partial charge in [0.15, 0.2) is 0 Å². The molecule has 1 atom stereocenters. The molecule has 3 heterocycles. The molecule has 0 aromatic carbocycles. The summed E-state index contributed by atoms with van der Waals surface area (Å²) in [4.78, 5) is 13.1. The number of rotatable bonds is 4. The Morgan fingerprint density at radius 2 is 2.29 bits per heavy atom. The Hall–Kier alpha value is -1.22. The van der Waals surface area contributed by atoms with E-state index >= 15 is 0 Å². The largest absolute Gasteiger partial charge is 0.480 e. The maximum atomic E-state index is 12.5. The summed E-state index contributed by atoms with van der Waals surface area (Å²) in [6.45, 7) is 1.83. The van der Waals surface area contributed by atoms with Crippen molar-refractivity contribution in [3.63, 3.8) is 0 Å². The molecule has 1 aliphatic heterocycles. The summed E-state index contributed by atoms with van der Waals surface area (Å²) in [5.74, 6) is -1.10. The minimum absolute atomic E-state index is 0.150. The summed E-state index contributed by atoms with van der Waals surface area (Å²) in [6, 6.07) is 2.60. The maximum absolute atomic E-state index is 12.5. The van der Waals surface area contributed by atoms with E-state index in [1.165, 1.54) is 11.3 Å². The third-order valence-electron chi connectivity index (χ3n) is 3.48. The molecule has 112 valence electrons. The van der Waals surface area contributed by atoms with Crippen LogP contribution in [0.25, 0.3) is 10.4 Å². The molecule has 0 bridgehead atoms. The lowest BCUT2D eigenvalue weighted by atomic mass is 10.2. The fourth-order valence-corrected chi connectivity index (χ4v) is 6.54. The molecule has 0 saturated heterocycles. The number of nitrogens with zero attached hydrogens (tertiary/aromatic N) is 1. The first-order valence-corrected chi connectivity index (χ1v) is 9.55. The second kappa shape index (κ2) is 5.20. The number of thiophene rings is 2. The summed E-state index contributed by atoms with van der Waals surface area (Å²) in [5, 5.41) is 13.1. The molecule has 2 aromatic heterocycles. The van der Waals surface area contributed by atoms with Crippen molar-refractivity contribution in [2.75, 3.05) is 0 Å². The molecule has 1 N–H and O–H groups in total. The van der Waals surface area contributed by atoms with Crippen LogP contribution < -0.4 is 0 Å². The number of hydrogen-bond donors (Lipinski definition) is 1. The fourth-order valence-electron chi connectivity index (χ4n) is 2.42. The zero-order valence-corrected chi connectivity index (χ0v) is 13.6. The van der Waals surface area contributed by atoms with Crippen LogP contribution in [0.4, 0.5) is 0 Å². The summed E-state index contributed by atoms with van der Waals surface area (Å²) in [7, 11) is -3.71. The average Bonchev–Trinajstić information content (AvgIpc) is 3.09. The van der Waals surface area contributed by atoms with Crippen LogP contribution in [0.1, 0.15) is 18.2 Å². The van der Waals surface area contributed by atoms with E-state index in [9.17, 15) is 18.3 Å². The highest BCUT2D eigenvalue weighted by Gasteiger charge is 2.42. The number of sulfonamides is 1. The van der Waals surface area contributed by atoms with E-state index in [0.717, 1.165) is 19.6 Å². The Morgan fingerprint density at radius 1 is 1.52 bits per heavy atom. The lowest BCUT2D eigenvalue weighted by Crippen LogP contribution is -2.40. The van der Waals surface area contributed by atoms with Crippen LogP contribution in [-0.2, 0) is 21.4 Å². The number of carbonyl (C=O) groups is 1. The van der Waals surface area contributed by atoms with Gasteiger partial charge in [-0.15, -0.1) is 11.3 Å². The van der Waals surface area contributed by atoms with E-state index in [2.05, 4.69) is 0 Å². The third kappa shape index (κ3) is 2.32. The maximum Gasteiger partial charge on any atom is 0.322 e. The summed E-state index contributed by atoms with van der Waals surface area (Å²) < 4.78 is 26.2. The normalized spacial score (nSPS) is 18.5. The second-order valence-electron chi connectivity index (χ2n) is 4.72. The highest BCUT2D eigenvalue weighted by molar-refractivity contribution is 7.89. The zero-order valence-electron chi connectivity index (χ0n) is 11.1. The van der Waals surface area contributed by atoms with Crippen LogP contribution >= 0.6 is 22.7 Å². The summed E-state index contributed by atoms with van der Waals surface area (Å²) in [6.07, 6.45) is 0.251. The summed E-state index contributed by atoms with van der Waals surface area (Å²) in [5.41, 5.74) is 1.01. The van der Waals surface area contributed by atoms with Crippen molar-refractivity contribution < 1.29 is 18.3 Å². The minimum atomic E-state index is -3.71. The Morgan fingerprint density at radius 3 is 2.81 bits per heavy atom. The smallest absolute Gasteiger partial charge is 0.322 e. The molecule has 0 aliphatic carbocycles. The van der Waals surface area contributed by atoms with Crippen LogP contribution in [0.15, 0.2) is 27.8 Å². The van der Waals surface area contributed by atoms with Crippen molar-refractivity contribution in [2.45, 2.75) is 30.8 Å². The van der Waals surface area contributed by atoms with Crippen molar-refractivity contribution in [1.82, 2.24) is 4.31 Å². The molecule has 0 radical (unpaired) electrons. The highest BCUT2D eigenvalue weighted by Crippen LogP contribution is 2.42. The van der Waals surface area contributed by atoms with Crippen LogP contribution in [0, 0.1) is 0 Å². The van der Waals surface area contributed by atoms with Crippen molar-refractivity contribution in [3.05, 3.63) is 27.8 Å². The van der Waals surface area contributed by atoms with Gasteiger partial charge in [-0.1, -0.05) is 6.92 Å². The van der Waals surface area contributed by atoms with Gasteiger partial charge in [-0.25, -0.2) is 8.42 Å². The van der Waals surface area contributed by atoms with Crippen molar-refractivity contribution in [1.29, 1.82) is 0 Å². The molecule has 0 fully saturated rings. The first kappa shape index (κ1) is 14.7. The molecule has 2 aromatic rings. The van der Waals surface area contributed by atoms with Gasteiger partial charge < -0.3 is 5.11 Å². The standard InChI is InChI=1S/C13H13NO4S3/c1-2-9(13(15)16)14-6-11-12(21(14,17)18)5-10(20-11)8-3-4-19-7-8/h3-5,7,9H,2,6H2,1H3,(H,15,16). The quantitative estimate of drug-likeness (QED) is 0.926. The third-order valence-corrected chi connectivity index (χ3v) is 7.38. The lowest BCUT2D eigenvalue weighted by molar-refractivity contribution is -0.141. The Balaban J connectivity index is 2.00. The SMILES string of the molecule is CCC(C(=O)O)N1Cc2sc(-c3ccsc3)cc2S1(=O)=O. The van der Waals surface area contributed by atoms with Gasteiger partial charge >= 0.3 is 5.97 Å². The van der Waals surface area contributed by atoms with E-state index in [4.69, 9.17) is 0 Å². The Bertz CT molecular complexity index is 776. The monoisotopic (exact) mass is 343 g/mol. The molecule has 0 saturated carbocycles. The molecule has 1 aliphatic rings. The van der Waals surface area contributed by atoms with Gasteiger partial charge in [0, 0.05) is 15.3 Å². The van der Waals surface area contributed by atoms with Gasteiger partial charge in [0.1, 0.15) is 6.04 Å². The Labute approximate surface area is 130 Å². The number of carboxylic acid groups (broad SMARTS) is 1. The summed E-state index contributed by atoms with van der Waals surface area (Å²) >= 11 is 2.98. The average molecular weight is 343 g/mol. The van der Waals surface area contributed by atoms with Crippen LogP contribution in [0.2, 0.25) is 0 Å². The van der Waals surface area contributed by atoms with Crippen LogP contribution in [0.5, 0.6) is 0 Å². The molecular weight excluding hydrogens is 330 g/mol. The van der Waals surface area contributed by atoms with E-state index in [0.29, 0.717) is 0 Å². The van der Waals surface area contributed by atoms with Gasteiger partial charge in [-0.05, 0) is 29.3 Å².